The molecule has 0 amide bonds. The fraction of sp³-hybridized carbons (Fsp3) is 0.692. The van der Waals surface area contributed by atoms with Gasteiger partial charge in [-0.25, -0.2) is 9.97 Å². The molecule has 0 radical (unpaired) electrons. The molecular weight excluding hydrogens is 364 g/mol. The summed E-state index contributed by atoms with van der Waals surface area (Å²) in [7, 11) is 0. The normalized spacial score (nSPS) is 27.5. The summed E-state index contributed by atoms with van der Waals surface area (Å²) in [4.78, 5) is 9.38. The second-order valence-corrected chi connectivity index (χ2v) is 8.70. The molecule has 3 rings (SSSR count). The largest absolute Gasteiger partial charge is 0.235 e. The molecule has 1 saturated heterocycles. The van der Waals surface area contributed by atoms with Crippen molar-refractivity contribution in [1.29, 1.82) is 0 Å². The third kappa shape index (κ3) is 3.09. The quantitative estimate of drug-likeness (QED) is 0.685. The Balaban J connectivity index is 1.94. The second-order valence-electron chi connectivity index (χ2n) is 4.95. The Kier molecular flexibility index (Phi) is 4.67. The lowest BCUT2D eigenvalue weighted by molar-refractivity contribution is 0.738. The SMILES string of the molecule is CCC1SCCSC1c1nc(Cl)c(Br)c(C2CC2)n1. The van der Waals surface area contributed by atoms with Crippen molar-refractivity contribution in [1.82, 2.24) is 9.97 Å². The van der Waals surface area contributed by atoms with E-state index in [1.165, 1.54) is 24.3 Å². The van der Waals surface area contributed by atoms with E-state index >= 15 is 0 Å². The van der Waals surface area contributed by atoms with Crippen LogP contribution in [0.4, 0.5) is 0 Å². The Morgan fingerprint density at radius 1 is 1.26 bits per heavy atom. The summed E-state index contributed by atoms with van der Waals surface area (Å²) in [6.07, 6.45) is 3.63. The molecule has 1 aromatic rings. The molecule has 19 heavy (non-hydrogen) atoms. The minimum absolute atomic E-state index is 0.395. The number of hydrogen-bond donors (Lipinski definition) is 0. The summed E-state index contributed by atoms with van der Waals surface area (Å²) >= 11 is 13.9. The van der Waals surface area contributed by atoms with Crippen LogP contribution in [0.3, 0.4) is 0 Å². The van der Waals surface area contributed by atoms with Crippen molar-refractivity contribution in [3.05, 3.63) is 21.1 Å². The van der Waals surface area contributed by atoms with Gasteiger partial charge in [-0.3, -0.25) is 0 Å². The predicted octanol–water partition coefficient (Wildman–Crippen LogP) is 5.07. The average Bonchev–Trinajstić information content (AvgIpc) is 3.26. The first kappa shape index (κ1) is 14.5. The van der Waals surface area contributed by atoms with Crippen LogP contribution in [0.5, 0.6) is 0 Å². The predicted molar refractivity (Wildman–Crippen MR) is 88.5 cm³/mol. The Labute approximate surface area is 136 Å². The molecule has 2 nitrogen and oxygen atoms in total. The van der Waals surface area contributed by atoms with Gasteiger partial charge >= 0.3 is 0 Å². The van der Waals surface area contributed by atoms with Crippen molar-refractivity contribution >= 4 is 51.1 Å². The fourth-order valence-corrected chi connectivity index (χ4v) is 6.03. The summed E-state index contributed by atoms with van der Waals surface area (Å²) in [5.41, 5.74) is 1.13. The Bertz CT molecular complexity index is 482. The van der Waals surface area contributed by atoms with E-state index < -0.39 is 0 Å². The Hall–Kier alpha value is 0.550. The van der Waals surface area contributed by atoms with Crippen LogP contribution in [0, 0.1) is 0 Å². The number of halogens is 2. The van der Waals surface area contributed by atoms with E-state index in [4.69, 9.17) is 16.6 Å². The zero-order chi connectivity index (χ0) is 13.4. The van der Waals surface area contributed by atoms with Gasteiger partial charge in [0, 0.05) is 22.7 Å². The smallest absolute Gasteiger partial charge is 0.147 e. The molecule has 1 aromatic heterocycles. The van der Waals surface area contributed by atoms with Gasteiger partial charge in [0.05, 0.1) is 15.4 Å². The topological polar surface area (TPSA) is 25.8 Å². The average molecular weight is 380 g/mol. The van der Waals surface area contributed by atoms with E-state index in [1.54, 1.807) is 0 Å². The maximum absolute atomic E-state index is 6.29. The van der Waals surface area contributed by atoms with Crippen molar-refractivity contribution in [3.8, 4) is 0 Å². The second kappa shape index (κ2) is 6.12. The molecule has 2 atom stereocenters. The zero-order valence-corrected chi connectivity index (χ0v) is 14.7. The summed E-state index contributed by atoms with van der Waals surface area (Å²) in [6, 6.07) is 0. The summed E-state index contributed by atoms with van der Waals surface area (Å²) in [5.74, 6) is 3.95. The van der Waals surface area contributed by atoms with Gasteiger partial charge in [-0.15, -0.1) is 11.8 Å². The Morgan fingerprint density at radius 3 is 2.68 bits per heavy atom. The molecule has 2 heterocycles. The lowest BCUT2D eigenvalue weighted by atomic mass is 10.2. The van der Waals surface area contributed by atoms with E-state index in [0.717, 1.165) is 22.4 Å². The molecular formula is C13H16BrClN2S2. The standard InChI is InChI=1S/C13H16BrClN2S2/c1-2-8-11(19-6-5-18-8)13-16-10(7-3-4-7)9(14)12(15)17-13/h7-8,11H,2-6H2,1H3. The zero-order valence-electron chi connectivity index (χ0n) is 10.7. The number of hydrogen-bond acceptors (Lipinski definition) is 4. The maximum atomic E-state index is 6.29. The summed E-state index contributed by atoms with van der Waals surface area (Å²) in [5, 5.41) is 1.59. The third-order valence-electron chi connectivity index (χ3n) is 3.52. The highest BCUT2D eigenvalue weighted by atomic mass is 79.9. The van der Waals surface area contributed by atoms with Crippen molar-refractivity contribution in [2.75, 3.05) is 11.5 Å². The maximum Gasteiger partial charge on any atom is 0.147 e. The van der Waals surface area contributed by atoms with Gasteiger partial charge < -0.3 is 0 Å². The van der Waals surface area contributed by atoms with Crippen LogP contribution in [-0.2, 0) is 0 Å². The van der Waals surface area contributed by atoms with Gasteiger partial charge in [0.15, 0.2) is 0 Å². The number of aromatic nitrogens is 2. The first-order chi connectivity index (χ1) is 9.20. The highest BCUT2D eigenvalue weighted by Gasteiger charge is 2.33. The van der Waals surface area contributed by atoms with E-state index in [2.05, 4.69) is 39.6 Å². The summed E-state index contributed by atoms with van der Waals surface area (Å²) in [6.45, 7) is 2.25. The van der Waals surface area contributed by atoms with E-state index in [1.807, 2.05) is 11.8 Å². The van der Waals surface area contributed by atoms with Gasteiger partial charge in [-0.05, 0) is 35.2 Å². The molecule has 2 fully saturated rings. The lowest BCUT2D eigenvalue weighted by Gasteiger charge is -2.29. The molecule has 6 heteroatoms. The molecule has 0 aromatic carbocycles. The van der Waals surface area contributed by atoms with Gasteiger partial charge in [-0.1, -0.05) is 18.5 Å². The highest BCUT2D eigenvalue weighted by Crippen LogP contribution is 2.47. The Morgan fingerprint density at radius 2 is 2.00 bits per heavy atom. The first-order valence-corrected chi connectivity index (χ1v) is 9.93. The van der Waals surface area contributed by atoms with Crippen LogP contribution in [0.1, 0.15) is 48.9 Å². The molecule has 104 valence electrons. The number of nitrogens with zero attached hydrogens (tertiary/aromatic N) is 2. The van der Waals surface area contributed by atoms with Crippen LogP contribution in [0.2, 0.25) is 5.15 Å². The molecule has 0 spiro atoms. The molecule has 2 unspecified atom stereocenters. The lowest BCUT2D eigenvalue weighted by Crippen LogP contribution is -2.21. The fourth-order valence-electron chi connectivity index (χ4n) is 2.35. The van der Waals surface area contributed by atoms with Crippen molar-refractivity contribution in [2.24, 2.45) is 0 Å². The molecule has 0 N–H and O–H groups in total. The summed E-state index contributed by atoms with van der Waals surface area (Å²) < 4.78 is 0.905. The highest BCUT2D eigenvalue weighted by molar-refractivity contribution is 9.10. The molecule has 1 aliphatic carbocycles. The van der Waals surface area contributed by atoms with Crippen LogP contribution in [0.15, 0.2) is 4.47 Å². The third-order valence-corrected chi connectivity index (χ3v) is 8.05. The van der Waals surface area contributed by atoms with Crippen molar-refractivity contribution in [3.63, 3.8) is 0 Å². The number of rotatable bonds is 3. The van der Waals surface area contributed by atoms with Gasteiger partial charge in [0.2, 0.25) is 0 Å². The monoisotopic (exact) mass is 378 g/mol. The van der Waals surface area contributed by atoms with Gasteiger partial charge in [0.25, 0.3) is 0 Å². The van der Waals surface area contributed by atoms with E-state index in [0.29, 0.717) is 21.6 Å². The van der Waals surface area contributed by atoms with Gasteiger partial charge in [-0.2, -0.15) is 11.8 Å². The minimum Gasteiger partial charge on any atom is -0.235 e. The van der Waals surface area contributed by atoms with Gasteiger partial charge in [0.1, 0.15) is 11.0 Å². The molecule has 0 bridgehead atoms. The van der Waals surface area contributed by atoms with E-state index in [-0.39, 0.29) is 0 Å². The van der Waals surface area contributed by atoms with Crippen LogP contribution in [-0.4, -0.2) is 26.7 Å². The van der Waals surface area contributed by atoms with Crippen LogP contribution >= 0.6 is 51.1 Å². The molecule has 2 aliphatic rings. The van der Waals surface area contributed by atoms with Crippen molar-refractivity contribution in [2.45, 2.75) is 42.6 Å². The van der Waals surface area contributed by atoms with E-state index in [9.17, 15) is 0 Å². The minimum atomic E-state index is 0.395. The van der Waals surface area contributed by atoms with Crippen LogP contribution < -0.4 is 0 Å². The van der Waals surface area contributed by atoms with Crippen molar-refractivity contribution < 1.29 is 0 Å². The molecule has 1 aliphatic heterocycles. The van der Waals surface area contributed by atoms with Crippen LogP contribution in [0.25, 0.3) is 0 Å². The number of thioether (sulfide) groups is 2. The molecule has 1 saturated carbocycles. The first-order valence-electron chi connectivity index (χ1n) is 6.66.